The molecule has 0 fully saturated rings. The minimum atomic E-state index is -0.872. The summed E-state index contributed by atoms with van der Waals surface area (Å²) in [7, 11) is 0. The minimum absolute atomic E-state index is 0.0505. The third kappa shape index (κ3) is 9.61. The maximum Gasteiger partial charge on any atom is 0.302 e. The van der Waals surface area contributed by atoms with Crippen LogP contribution in [0.1, 0.15) is 69.9 Å². The smallest absolute Gasteiger partial charge is 0.302 e. The number of esters is 1. The number of benzene rings is 1. The molecule has 0 aliphatic carbocycles. The van der Waals surface area contributed by atoms with Gasteiger partial charge in [0.25, 0.3) is 0 Å². The normalized spacial score (nSPS) is 13.4. The zero-order valence-corrected chi connectivity index (χ0v) is 15.9. The van der Waals surface area contributed by atoms with Crippen LogP contribution in [-0.2, 0) is 22.4 Å². The van der Waals surface area contributed by atoms with Crippen molar-refractivity contribution in [1.82, 2.24) is 0 Å². The number of hydrogen-bond acceptors (Lipinski definition) is 4. The highest BCUT2D eigenvalue weighted by Crippen LogP contribution is 2.15. The van der Waals surface area contributed by atoms with Crippen LogP contribution in [0.3, 0.4) is 0 Å². The van der Waals surface area contributed by atoms with Crippen LogP contribution in [0.5, 0.6) is 0 Å². The van der Waals surface area contributed by atoms with E-state index in [1.807, 2.05) is 0 Å². The Labute approximate surface area is 152 Å². The molecule has 0 saturated heterocycles. The third-order valence-corrected chi connectivity index (χ3v) is 4.63. The van der Waals surface area contributed by atoms with Gasteiger partial charge < -0.3 is 15.6 Å². The van der Waals surface area contributed by atoms with E-state index in [1.165, 1.54) is 56.6 Å². The highest BCUT2D eigenvalue weighted by molar-refractivity contribution is 5.65. The second kappa shape index (κ2) is 12.0. The Hall–Kier alpha value is -1.39. The molecule has 1 aromatic carbocycles. The first-order chi connectivity index (χ1) is 12.0. The molecule has 0 heterocycles. The standard InChI is InChI=1S/C21H35NO3/c1-3-4-5-6-7-8-9-19-10-12-20(13-11-19)14-15-21(22,16-23)17-25-18(2)24/h10-13,23H,3-9,14-17,22H2,1-2H3. The van der Waals surface area contributed by atoms with E-state index in [9.17, 15) is 9.90 Å². The molecule has 0 aliphatic heterocycles. The first-order valence-electron chi connectivity index (χ1n) is 9.60. The van der Waals surface area contributed by atoms with Crippen molar-refractivity contribution in [3.05, 3.63) is 35.4 Å². The molecule has 0 amide bonds. The Bertz CT molecular complexity index is 486. The van der Waals surface area contributed by atoms with E-state index in [0.717, 1.165) is 12.8 Å². The number of aliphatic hydroxyl groups excluding tert-OH is 1. The van der Waals surface area contributed by atoms with Crippen LogP contribution in [0.25, 0.3) is 0 Å². The lowest BCUT2D eigenvalue weighted by atomic mass is 9.93. The van der Waals surface area contributed by atoms with Gasteiger partial charge in [-0.1, -0.05) is 63.3 Å². The van der Waals surface area contributed by atoms with Crippen molar-refractivity contribution in [3.63, 3.8) is 0 Å². The van der Waals surface area contributed by atoms with Gasteiger partial charge in [-0.05, 0) is 36.8 Å². The second-order valence-electron chi connectivity index (χ2n) is 7.14. The summed E-state index contributed by atoms with van der Waals surface area (Å²) in [5, 5.41) is 9.48. The van der Waals surface area contributed by atoms with Crippen LogP contribution in [0, 0.1) is 0 Å². The Morgan fingerprint density at radius 3 is 2.16 bits per heavy atom. The molecular formula is C21H35NO3. The molecule has 1 rings (SSSR count). The SMILES string of the molecule is CCCCCCCCc1ccc(CCC(N)(CO)COC(C)=O)cc1. The number of aliphatic hydroxyl groups is 1. The van der Waals surface area contributed by atoms with Gasteiger partial charge in [0.2, 0.25) is 0 Å². The van der Waals surface area contributed by atoms with Crippen molar-refractivity contribution in [3.8, 4) is 0 Å². The molecule has 4 heteroatoms. The van der Waals surface area contributed by atoms with E-state index in [2.05, 4.69) is 31.2 Å². The molecular weight excluding hydrogens is 314 g/mol. The lowest BCUT2D eigenvalue weighted by molar-refractivity contribution is -0.143. The summed E-state index contributed by atoms with van der Waals surface area (Å²) in [4.78, 5) is 10.9. The highest BCUT2D eigenvalue weighted by Gasteiger charge is 2.25. The fraction of sp³-hybridized carbons (Fsp3) is 0.667. The lowest BCUT2D eigenvalue weighted by Crippen LogP contribution is -2.48. The molecule has 0 bridgehead atoms. The summed E-state index contributed by atoms with van der Waals surface area (Å²) >= 11 is 0. The summed E-state index contributed by atoms with van der Waals surface area (Å²) < 4.78 is 4.96. The molecule has 1 atom stereocenters. The maximum atomic E-state index is 10.9. The number of hydrogen-bond donors (Lipinski definition) is 2. The molecule has 0 aliphatic rings. The maximum absolute atomic E-state index is 10.9. The van der Waals surface area contributed by atoms with E-state index in [-0.39, 0.29) is 19.2 Å². The first kappa shape index (κ1) is 21.7. The Morgan fingerprint density at radius 1 is 1.04 bits per heavy atom. The van der Waals surface area contributed by atoms with E-state index in [1.54, 1.807) is 0 Å². The first-order valence-corrected chi connectivity index (χ1v) is 9.60. The lowest BCUT2D eigenvalue weighted by Gasteiger charge is -2.26. The quantitative estimate of drug-likeness (QED) is 0.420. The van der Waals surface area contributed by atoms with Gasteiger partial charge in [-0.3, -0.25) is 4.79 Å². The number of unbranched alkanes of at least 4 members (excludes halogenated alkanes) is 5. The summed E-state index contributed by atoms with van der Waals surface area (Å²) in [6.45, 7) is 3.44. The number of rotatable bonds is 13. The van der Waals surface area contributed by atoms with Crippen LogP contribution in [0.2, 0.25) is 0 Å². The van der Waals surface area contributed by atoms with Gasteiger partial charge in [-0.15, -0.1) is 0 Å². The number of aryl methyl sites for hydroxylation is 2. The number of carbonyl (C=O) groups excluding carboxylic acids is 1. The van der Waals surface area contributed by atoms with Crippen molar-refractivity contribution < 1.29 is 14.6 Å². The third-order valence-electron chi connectivity index (χ3n) is 4.63. The predicted octanol–water partition coefficient (Wildman–Crippen LogP) is 3.78. The predicted molar refractivity (Wildman–Crippen MR) is 102 cm³/mol. The minimum Gasteiger partial charge on any atom is -0.464 e. The summed E-state index contributed by atoms with van der Waals surface area (Å²) in [5.74, 6) is -0.373. The summed E-state index contributed by atoms with van der Waals surface area (Å²) in [6, 6.07) is 8.64. The molecule has 25 heavy (non-hydrogen) atoms. The van der Waals surface area contributed by atoms with E-state index >= 15 is 0 Å². The molecule has 0 aromatic heterocycles. The van der Waals surface area contributed by atoms with Crippen LogP contribution in [-0.4, -0.2) is 29.8 Å². The summed E-state index contributed by atoms with van der Waals surface area (Å²) in [6.07, 6.45) is 10.4. The van der Waals surface area contributed by atoms with Gasteiger partial charge in [0, 0.05) is 6.92 Å². The van der Waals surface area contributed by atoms with Crippen molar-refractivity contribution in [1.29, 1.82) is 0 Å². The Balaban J connectivity index is 2.34. The average Bonchev–Trinajstić information content (AvgIpc) is 2.62. The largest absolute Gasteiger partial charge is 0.464 e. The molecule has 0 radical (unpaired) electrons. The average molecular weight is 350 g/mol. The molecule has 142 valence electrons. The fourth-order valence-electron chi connectivity index (χ4n) is 2.82. The van der Waals surface area contributed by atoms with Crippen molar-refractivity contribution in [2.75, 3.05) is 13.2 Å². The monoisotopic (exact) mass is 349 g/mol. The van der Waals surface area contributed by atoms with Crippen LogP contribution in [0.15, 0.2) is 24.3 Å². The van der Waals surface area contributed by atoms with Gasteiger partial charge in [-0.2, -0.15) is 0 Å². The zero-order valence-electron chi connectivity index (χ0n) is 15.9. The molecule has 3 N–H and O–H groups in total. The second-order valence-corrected chi connectivity index (χ2v) is 7.14. The van der Waals surface area contributed by atoms with Crippen LogP contribution >= 0.6 is 0 Å². The Morgan fingerprint density at radius 2 is 1.60 bits per heavy atom. The molecule has 1 unspecified atom stereocenters. The van der Waals surface area contributed by atoms with E-state index < -0.39 is 5.54 Å². The number of carbonyl (C=O) groups is 1. The number of nitrogens with two attached hydrogens (primary N) is 1. The van der Waals surface area contributed by atoms with Gasteiger partial charge >= 0.3 is 5.97 Å². The zero-order chi connectivity index (χ0) is 18.5. The van der Waals surface area contributed by atoms with Gasteiger partial charge in [0.05, 0.1) is 12.1 Å². The number of ether oxygens (including phenoxy) is 1. The summed E-state index contributed by atoms with van der Waals surface area (Å²) in [5.41, 5.74) is 7.81. The molecule has 1 aromatic rings. The fourth-order valence-corrected chi connectivity index (χ4v) is 2.82. The van der Waals surface area contributed by atoms with Crippen LogP contribution < -0.4 is 5.73 Å². The molecule has 4 nitrogen and oxygen atoms in total. The van der Waals surface area contributed by atoms with E-state index in [0.29, 0.717) is 6.42 Å². The van der Waals surface area contributed by atoms with Gasteiger partial charge in [0.15, 0.2) is 0 Å². The van der Waals surface area contributed by atoms with Gasteiger partial charge in [0.1, 0.15) is 6.61 Å². The molecule has 0 saturated carbocycles. The van der Waals surface area contributed by atoms with Crippen molar-refractivity contribution in [2.45, 2.75) is 77.2 Å². The molecule has 0 spiro atoms. The highest BCUT2D eigenvalue weighted by atomic mass is 16.5. The van der Waals surface area contributed by atoms with E-state index in [4.69, 9.17) is 10.5 Å². The topological polar surface area (TPSA) is 72.6 Å². The van der Waals surface area contributed by atoms with Gasteiger partial charge in [-0.25, -0.2) is 0 Å². The Kier molecular flexibility index (Phi) is 10.4. The van der Waals surface area contributed by atoms with Crippen molar-refractivity contribution >= 4 is 5.97 Å². The van der Waals surface area contributed by atoms with Crippen molar-refractivity contribution in [2.24, 2.45) is 5.73 Å². The van der Waals surface area contributed by atoms with Crippen LogP contribution in [0.4, 0.5) is 0 Å².